The van der Waals surface area contributed by atoms with Gasteiger partial charge in [0.05, 0.1) is 11.3 Å². The summed E-state index contributed by atoms with van der Waals surface area (Å²) in [7, 11) is -4.26. The maximum Gasteiger partial charge on any atom is 0.402 e. The van der Waals surface area contributed by atoms with Crippen molar-refractivity contribution in [1.29, 1.82) is 0 Å². The van der Waals surface area contributed by atoms with Gasteiger partial charge in [-0.25, -0.2) is 13.1 Å². The third kappa shape index (κ3) is 5.62. The van der Waals surface area contributed by atoms with Gasteiger partial charge in [0.25, 0.3) is 0 Å². The van der Waals surface area contributed by atoms with Crippen molar-refractivity contribution in [3.8, 4) is 0 Å². The minimum atomic E-state index is -4.64. The van der Waals surface area contributed by atoms with Crippen LogP contribution in [0.1, 0.15) is 4.88 Å². The number of amides is 1. The first kappa shape index (κ1) is 18.4. The number of rotatable bonds is 6. The molecule has 0 radical (unpaired) electrons. The first-order valence-corrected chi connectivity index (χ1v) is 9.01. The van der Waals surface area contributed by atoms with Crippen LogP contribution in [0.3, 0.4) is 0 Å². The van der Waals surface area contributed by atoms with Crippen LogP contribution in [0.15, 0.2) is 46.7 Å². The van der Waals surface area contributed by atoms with Crippen LogP contribution in [0.2, 0.25) is 0 Å². The summed E-state index contributed by atoms with van der Waals surface area (Å²) < 4.78 is 61.2. The van der Waals surface area contributed by atoms with E-state index in [-0.39, 0.29) is 17.2 Å². The standard InChI is InChI=1S/C14H13F3N2O3S2/c15-14(16,17)9-18-24(21,22)12-5-3-10(4-6-12)19-13(20)8-11-2-1-7-23-11/h1-7,18H,8-9H2,(H,19,20). The van der Waals surface area contributed by atoms with E-state index < -0.39 is 22.7 Å². The molecule has 0 bridgehead atoms. The lowest BCUT2D eigenvalue weighted by atomic mass is 10.3. The predicted molar refractivity (Wildman–Crippen MR) is 84.3 cm³/mol. The van der Waals surface area contributed by atoms with E-state index in [2.05, 4.69) is 5.32 Å². The molecule has 0 saturated carbocycles. The number of benzene rings is 1. The van der Waals surface area contributed by atoms with Crippen LogP contribution >= 0.6 is 11.3 Å². The van der Waals surface area contributed by atoms with Crippen molar-refractivity contribution in [2.75, 3.05) is 11.9 Å². The third-order valence-corrected chi connectivity index (χ3v) is 5.12. The molecule has 0 spiro atoms. The molecule has 0 fully saturated rings. The summed E-state index contributed by atoms with van der Waals surface area (Å²) in [5.41, 5.74) is 0.353. The predicted octanol–water partition coefficient (Wildman–Crippen LogP) is 2.77. The number of carbonyl (C=O) groups excluding carboxylic acids is 1. The minimum Gasteiger partial charge on any atom is -0.326 e. The number of thiophene rings is 1. The Morgan fingerprint density at radius 3 is 2.33 bits per heavy atom. The molecule has 2 rings (SSSR count). The summed E-state index contributed by atoms with van der Waals surface area (Å²) in [4.78, 5) is 12.4. The molecular formula is C14H13F3N2O3S2. The van der Waals surface area contributed by atoms with Crippen molar-refractivity contribution in [2.24, 2.45) is 0 Å². The van der Waals surface area contributed by atoms with Crippen molar-refractivity contribution in [3.05, 3.63) is 46.7 Å². The first-order chi connectivity index (χ1) is 11.2. The fourth-order valence-corrected chi connectivity index (χ4v) is 3.47. The number of nitrogens with one attached hydrogen (secondary N) is 2. The molecule has 24 heavy (non-hydrogen) atoms. The molecule has 1 amide bonds. The zero-order valence-corrected chi connectivity index (χ0v) is 13.8. The smallest absolute Gasteiger partial charge is 0.326 e. The van der Waals surface area contributed by atoms with Crippen LogP contribution in [-0.4, -0.2) is 27.0 Å². The molecule has 5 nitrogen and oxygen atoms in total. The Hall–Kier alpha value is -1.91. The van der Waals surface area contributed by atoms with Gasteiger partial charge < -0.3 is 5.32 Å². The highest BCUT2D eigenvalue weighted by Gasteiger charge is 2.30. The second-order valence-electron chi connectivity index (χ2n) is 4.77. The summed E-state index contributed by atoms with van der Waals surface area (Å²) in [5, 5.41) is 4.43. The number of halogens is 3. The van der Waals surface area contributed by atoms with Crippen molar-refractivity contribution < 1.29 is 26.4 Å². The maximum atomic E-state index is 12.1. The fraction of sp³-hybridized carbons (Fsp3) is 0.214. The number of carbonyl (C=O) groups is 1. The van der Waals surface area contributed by atoms with Gasteiger partial charge in [-0.15, -0.1) is 11.3 Å². The molecule has 130 valence electrons. The molecule has 0 aliphatic rings. The lowest BCUT2D eigenvalue weighted by Crippen LogP contribution is -2.33. The van der Waals surface area contributed by atoms with Crippen LogP contribution in [0, 0.1) is 0 Å². The molecule has 2 aromatic rings. The van der Waals surface area contributed by atoms with Crippen molar-refractivity contribution in [3.63, 3.8) is 0 Å². The van der Waals surface area contributed by atoms with Crippen LogP contribution in [0.5, 0.6) is 0 Å². The van der Waals surface area contributed by atoms with E-state index in [9.17, 15) is 26.4 Å². The Morgan fingerprint density at radius 2 is 1.79 bits per heavy atom. The maximum absolute atomic E-state index is 12.1. The van der Waals surface area contributed by atoms with E-state index >= 15 is 0 Å². The zero-order valence-electron chi connectivity index (χ0n) is 12.1. The van der Waals surface area contributed by atoms with E-state index in [0.717, 1.165) is 17.0 Å². The van der Waals surface area contributed by atoms with Gasteiger partial charge in [-0.1, -0.05) is 6.07 Å². The van der Waals surface area contributed by atoms with Crippen LogP contribution in [0.25, 0.3) is 0 Å². The first-order valence-electron chi connectivity index (χ1n) is 6.64. The zero-order chi connectivity index (χ0) is 17.8. The van der Waals surface area contributed by atoms with Gasteiger partial charge in [0.2, 0.25) is 15.9 Å². The second-order valence-corrected chi connectivity index (χ2v) is 7.57. The monoisotopic (exact) mass is 378 g/mol. The van der Waals surface area contributed by atoms with Gasteiger partial charge in [0.15, 0.2) is 0 Å². The Kier molecular flexibility index (Phi) is 5.62. The molecule has 1 heterocycles. The lowest BCUT2D eigenvalue weighted by Gasteiger charge is -2.10. The molecule has 0 aliphatic heterocycles. The van der Waals surface area contributed by atoms with E-state index in [1.54, 1.807) is 0 Å². The number of hydrogen-bond acceptors (Lipinski definition) is 4. The van der Waals surface area contributed by atoms with Gasteiger partial charge in [0.1, 0.15) is 6.54 Å². The summed E-state index contributed by atoms with van der Waals surface area (Å²) in [5.74, 6) is -0.275. The summed E-state index contributed by atoms with van der Waals surface area (Å²) in [6.45, 7) is -1.64. The highest BCUT2D eigenvalue weighted by molar-refractivity contribution is 7.89. The van der Waals surface area contributed by atoms with Gasteiger partial charge in [-0.05, 0) is 35.7 Å². The molecule has 0 unspecified atom stereocenters. The molecule has 0 atom stereocenters. The van der Waals surface area contributed by atoms with Gasteiger partial charge in [-0.3, -0.25) is 4.79 Å². The van der Waals surface area contributed by atoms with Gasteiger partial charge >= 0.3 is 6.18 Å². The van der Waals surface area contributed by atoms with E-state index in [1.807, 2.05) is 17.5 Å². The van der Waals surface area contributed by atoms with Crippen molar-refractivity contribution >= 4 is 33.0 Å². The Bertz CT molecular complexity index is 786. The van der Waals surface area contributed by atoms with Crippen LogP contribution in [0.4, 0.5) is 18.9 Å². The highest BCUT2D eigenvalue weighted by atomic mass is 32.2. The largest absolute Gasteiger partial charge is 0.402 e. The molecule has 0 aliphatic carbocycles. The topological polar surface area (TPSA) is 75.3 Å². The summed E-state index contributed by atoms with van der Waals surface area (Å²) in [6.07, 6.45) is -4.45. The third-order valence-electron chi connectivity index (χ3n) is 2.83. The number of hydrogen-bond donors (Lipinski definition) is 2. The normalized spacial score (nSPS) is 12.1. The molecular weight excluding hydrogens is 365 g/mol. The Balaban J connectivity index is 1.98. The average molecular weight is 378 g/mol. The second kappa shape index (κ2) is 7.32. The Labute approximate surface area is 140 Å². The molecule has 1 aromatic carbocycles. The van der Waals surface area contributed by atoms with E-state index in [0.29, 0.717) is 5.69 Å². The van der Waals surface area contributed by atoms with Gasteiger partial charge in [0, 0.05) is 10.6 Å². The molecule has 10 heteroatoms. The van der Waals surface area contributed by atoms with E-state index in [4.69, 9.17) is 0 Å². The van der Waals surface area contributed by atoms with Crippen molar-refractivity contribution in [2.45, 2.75) is 17.5 Å². The van der Waals surface area contributed by atoms with Gasteiger partial charge in [-0.2, -0.15) is 13.2 Å². The van der Waals surface area contributed by atoms with Crippen LogP contribution in [-0.2, 0) is 21.2 Å². The number of anilines is 1. The number of alkyl halides is 3. The molecule has 0 saturated heterocycles. The lowest BCUT2D eigenvalue weighted by molar-refractivity contribution is -0.121. The Morgan fingerprint density at radius 1 is 1.12 bits per heavy atom. The average Bonchev–Trinajstić information content (AvgIpc) is 2.98. The number of sulfonamides is 1. The highest BCUT2D eigenvalue weighted by Crippen LogP contribution is 2.17. The SMILES string of the molecule is O=C(Cc1cccs1)Nc1ccc(S(=O)(=O)NCC(F)(F)F)cc1. The van der Waals surface area contributed by atoms with Crippen molar-refractivity contribution in [1.82, 2.24) is 4.72 Å². The van der Waals surface area contributed by atoms with Crippen LogP contribution < -0.4 is 10.0 Å². The summed E-state index contributed by atoms with van der Waals surface area (Å²) in [6, 6.07) is 8.51. The quantitative estimate of drug-likeness (QED) is 0.812. The summed E-state index contributed by atoms with van der Waals surface area (Å²) >= 11 is 1.43. The fourth-order valence-electron chi connectivity index (χ4n) is 1.75. The van der Waals surface area contributed by atoms with E-state index in [1.165, 1.54) is 28.2 Å². The molecule has 2 N–H and O–H groups in total. The molecule has 1 aromatic heterocycles. The minimum absolute atomic E-state index is 0.185.